The zero-order valence-corrected chi connectivity index (χ0v) is 11.7. The fourth-order valence-electron chi connectivity index (χ4n) is 2.33. The van der Waals surface area contributed by atoms with Gasteiger partial charge >= 0.3 is 0 Å². The topological polar surface area (TPSA) is 44.8 Å². The molecule has 1 aliphatic rings. The van der Waals surface area contributed by atoms with Crippen molar-refractivity contribution in [3.05, 3.63) is 54.1 Å². The molecule has 0 fully saturated rings. The average Bonchev–Trinajstić information content (AvgIpc) is 2.55. The van der Waals surface area contributed by atoms with Gasteiger partial charge in [-0.25, -0.2) is 0 Å². The molecule has 1 aliphatic heterocycles. The number of carbonyl (C=O) groups is 1. The van der Waals surface area contributed by atoms with E-state index in [2.05, 4.69) is 0 Å². The molecule has 4 nitrogen and oxygen atoms in total. The number of ketones is 1. The second-order valence-electron chi connectivity index (χ2n) is 4.82. The molecule has 0 spiro atoms. The van der Waals surface area contributed by atoms with E-state index >= 15 is 0 Å². The van der Waals surface area contributed by atoms with Crippen molar-refractivity contribution < 1.29 is 19.0 Å². The number of fused-ring (bicyclic) bond motifs is 1. The van der Waals surface area contributed by atoms with E-state index < -0.39 is 6.10 Å². The molecule has 0 N–H and O–H groups in total. The molecule has 108 valence electrons. The monoisotopic (exact) mass is 284 g/mol. The molecule has 0 saturated carbocycles. The van der Waals surface area contributed by atoms with Gasteiger partial charge in [-0.2, -0.15) is 0 Å². The first kappa shape index (κ1) is 13.5. The number of rotatable bonds is 4. The van der Waals surface area contributed by atoms with Crippen LogP contribution < -0.4 is 14.2 Å². The van der Waals surface area contributed by atoms with Gasteiger partial charge in [-0.15, -0.1) is 0 Å². The Kier molecular flexibility index (Phi) is 3.77. The minimum atomic E-state index is -0.579. The van der Waals surface area contributed by atoms with Crippen molar-refractivity contribution in [1.29, 1.82) is 0 Å². The summed E-state index contributed by atoms with van der Waals surface area (Å²) in [5.41, 5.74) is 0.854. The summed E-state index contributed by atoms with van der Waals surface area (Å²) in [4.78, 5) is 12.4. The van der Waals surface area contributed by atoms with Gasteiger partial charge in [-0.05, 0) is 18.2 Å². The van der Waals surface area contributed by atoms with Crippen molar-refractivity contribution in [3.8, 4) is 17.2 Å². The summed E-state index contributed by atoms with van der Waals surface area (Å²) < 4.78 is 16.6. The maximum atomic E-state index is 12.4. The van der Waals surface area contributed by atoms with Gasteiger partial charge < -0.3 is 14.2 Å². The molecule has 0 radical (unpaired) electrons. The van der Waals surface area contributed by atoms with Crippen LogP contribution in [0.4, 0.5) is 0 Å². The van der Waals surface area contributed by atoms with Crippen LogP contribution in [0.25, 0.3) is 0 Å². The van der Waals surface area contributed by atoms with Crippen molar-refractivity contribution in [2.75, 3.05) is 13.7 Å². The van der Waals surface area contributed by atoms with Crippen LogP contribution >= 0.6 is 0 Å². The van der Waals surface area contributed by atoms with Crippen molar-refractivity contribution >= 4 is 5.78 Å². The van der Waals surface area contributed by atoms with Gasteiger partial charge in [0.2, 0.25) is 0 Å². The summed E-state index contributed by atoms with van der Waals surface area (Å²) in [5.74, 6) is 1.98. The third-order valence-electron chi connectivity index (χ3n) is 3.42. The number of benzene rings is 2. The Morgan fingerprint density at radius 1 is 1.14 bits per heavy atom. The molecule has 0 aromatic heterocycles. The van der Waals surface area contributed by atoms with Crippen LogP contribution in [0.15, 0.2) is 48.5 Å². The van der Waals surface area contributed by atoms with Crippen LogP contribution in [0, 0.1) is 0 Å². The van der Waals surface area contributed by atoms with Crippen molar-refractivity contribution in [2.24, 2.45) is 0 Å². The third kappa shape index (κ3) is 2.84. The van der Waals surface area contributed by atoms with Gasteiger partial charge in [0.25, 0.3) is 0 Å². The fraction of sp³-hybridized carbons (Fsp3) is 0.235. The van der Waals surface area contributed by atoms with Gasteiger partial charge in [0.05, 0.1) is 7.11 Å². The highest BCUT2D eigenvalue weighted by atomic mass is 16.6. The Hall–Kier alpha value is -2.49. The summed E-state index contributed by atoms with van der Waals surface area (Å²) in [6, 6.07) is 14.9. The normalized spacial score (nSPS) is 16.3. The molecular formula is C17H16O4. The average molecular weight is 284 g/mol. The minimum absolute atomic E-state index is 0.0194. The fourth-order valence-corrected chi connectivity index (χ4v) is 2.33. The Bertz CT molecular complexity index is 651. The number of para-hydroxylation sites is 3. The maximum Gasteiger partial charge on any atom is 0.191 e. The van der Waals surface area contributed by atoms with Crippen LogP contribution in [-0.4, -0.2) is 25.6 Å². The molecule has 1 atom stereocenters. The standard InChI is InChI=1S/C17H16O4/c1-19-14-7-3-2-6-12(14)10-13(18)17-11-20-15-8-4-5-9-16(15)21-17/h2-9,17H,10-11H2,1H3. The molecule has 0 aliphatic carbocycles. The van der Waals surface area contributed by atoms with Crippen molar-refractivity contribution in [2.45, 2.75) is 12.5 Å². The first-order valence-corrected chi connectivity index (χ1v) is 6.81. The van der Waals surface area contributed by atoms with E-state index in [0.29, 0.717) is 17.2 Å². The number of Topliss-reactive ketones (excluding diaryl/α,β-unsaturated/α-hetero) is 1. The van der Waals surface area contributed by atoms with E-state index in [9.17, 15) is 4.79 Å². The second-order valence-corrected chi connectivity index (χ2v) is 4.82. The number of methoxy groups -OCH3 is 1. The number of ether oxygens (including phenoxy) is 3. The zero-order valence-electron chi connectivity index (χ0n) is 11.7. The highest BCUT2D eigenvalue weighted by Crippen LogP contribution is 2.31. The summed E-state index contributed by atoms with van der Waals surface area (Å²) in [6.07, 6.45) is -0.315. The van der Waals surface area contributed by atoms with E-state index in [-0.39, 0.29) is 18.8 Å². The van der Waals surface area contributed by atoms with E-state index in [1.54, 1.807) is 13.2 Å². The van der Waals surface area contributed by atoms with Gasteiger partial charge in [-0.3, -0.25) is 4.79 Å². The lowest BCUT2D eigenvalue weighted by Gasteiger charge is -2.25. The second kappa shape index (κ2) is 5.87. The number of hydrogen-bond donors (Lipinski definition) is 0. The third-order valence-corrected chi connectivity index (χ3v) is 3.42. The summed E-state index contributed by atoms with van der Waals surface area (Å²) in [7, 11) is 1.60. The zero-order chi connectivity index (χ0) is 14.7. The van der Waals surface area contributed by atoms with E-state index in [1.807, 2.05) is 42.5 Å². The van der Waals surface area contributed by atoms with E-state index in [1.165, 1.54) is 0 Å². The van der Waals surface area contributed by atoms with Crippen molar-refractivity contribution in [1.82, 2.24) is 0 Å². The molecular weight excluding hydrogens is 268 g/mol. The first-order chi connectivity index (χ1) is 10.3. The van der Waals surface area contributed by atoms with E-state index in [4.69, 9.17) is 14.2 Å². The van der Waals surface area contributed by atoms with Crippen LogP contribution in [-0.2, 0) is 11.2 Å². The van der Waals surface area contributed by atoms with Gasteiger partial charge in [0, 0.05) is 12.0 Å². The summed E-state index contributed by atoms with van der Waals surface area (Å²) in [6.45, 7) is 0.241. The highest BCUT2D eigenvalue weighted by molar-refractivity contribution is 5.86. The quantitative estimate of drug-likeness (QED) is 0.866. The molecule has 21 heavy (non-hydrogen) atoms. The van der Waals surface area contributed by atoms with Crippen LogP contribution in [0.3, 0.4) is 0 Å². The molecule has 4 heteroatoms. The number of carbonyl (C=O) groups excluding carboxylic acids is 1. The first-order valence-electron chi connectivity index (χ1n) is 6.81. The predicted octanol–water partition coefficient (Wildman–Crippen LogP) is 2.65. The summed E-state index contributed by atoms with van der Waals surface area (Å²) >= 11 is 0. The molecule has 2 aromatic carbocycles. The Morgan fingerprint density at radius 2 is 1.86 bits per heavy atom. The van der Waals surface area contributed by atoms with Crippen LogP contribution in [0.5, 0.6) is 17.2 Å². The largest absolute Gasteiger partial charge is 0.496 e. The molecule has 0 amide bonds. The van der Waals surface area contributed by atoms with E-state index in [0.717, 1.165) is 5.56 Å². The molecule has 1 heterocycles. The molecule has 1 unspecified atom stereocenters. The van der Waals surface area contributed by atoms with Gasteiger partial charge in [0.1, 0.15) is 12.4 Å². The highest BCUT2D eigenvalue weighted by Gasteiger charge is 2.27. The SMILES string of the molecule is COc1ccccc1CC(=O)C1COc2ccccc2O1. The lowest BCUT2D eigenvalue weighted by molar-refractivity contribution is -0.127. The Morgan fingerprint density at radius 3 is 2.67 bits per heavy atom. The van der Waals surface area contributed by atoms with Gasteiger partial charge in [0.15, 0.2) is 23.4 Å². The maximum absolute atomic E-state index is 12.4. The van der Waals surface area contributed by atoms with Crippen LogP contribution in [0.2, 0.25) is 0 Å². The van der Waals surface area contributed by atoms with Crippen LogP contribution in [0.1, 0.15) is 5.56 Å². The predicted molar refractivity (Wildman–Crippen MR) is 78.1 cm³/mol. The Labute approximate surface area is 123 Å². The molecule has 0 bridgehead atoms. The minimum Gasteiger partial charge on any atom is -0.496 e. The lowest BCUT2D eigenvalue weighted by Crippen LogP contribution is -2.37. The Balaban J connectivity index is 1.72. The molecule has 0 saturated heterocycles. The van der Waals surface area contributed by atoms with Gasteiger partial charge in [-0.1, -0.05) is 30.3 Å². The lowest BCUT2D eigenvalue weighted by atomic mass is 10.0. The molecule has 2 aromatic rings. The number of hydrogen-bond acceptors (Lipinski definition) is 4. The molecule has 3 rings (SSSR count). The smallest absolute Gasteiger partial charge is 0.191 e. The van der Waals surface area contributed by atoms with Crippen molar-refractivity contribution in [3.63, 3.8) is 0 Å². The summed E-state index contributed by atoms with van der Waals surface area (Å²) in [5, 5.41) is 0.